The Hall–Kier alpha value is -2.75. The molecule has 202 valence electrons. The number of nitrogens with one attached hydrogen (secondary N) is 1. The highest BCUT2D eigenvalue weighted by Crippen LogP contribution is 2.31. The molecule has 3 heterocycles. The second-order valence-electron chi connectivity index (χ2n) is 8.63. The van der Waals surface area contributed by atoms with Crippen molar-refractivity contribution >= 4 is 39.0 Å². The number of ether oxygens (including phenoxy) is 1. The molecule has 1 aromatic carbocycles. The van der Waals surface area contributed by atoms with Crippen molar-refractivity contribution in [3.63, 3.8) is 0 Å². The number of amides is 3. The molecule has 0 radical (unpaired) electrons. The summed E-state index contributed by atoms with van der Waals surface area (Å²) < 4.78 is 72.1. The number of nitrogens with zero attached hydrogens (tertiary/aromatic N) is 4. The first-order valence-electron chi connectivity index (χ1n) is 11.4. The van der Waals surface area contributed by atoms with Crippen molar-refractivity contribution in [2.75, 3.05) is 51.3 Å². The molecule has 2 aliphatic rings. The van der Waals surface area contributed by atoms with Gasteiger partial charge in [-0.05, 0) is 38.1 Å². The van der Waals surface area contributed by atoms with Crippen LogP contribution in [0.3, 0.4) is 0 Å². The van der Waals surface area contributed by atoms with Gasteiger partial charge in [-0.3, -0.25) is 4.79 Å². The first-order valence-corrected chi connectivity index (χ1v) is 13.7. The van der Waals surface area contributed by atoms with Crippen LogP contribution in [-0.2, 0) is 25.7 Å². The summed E-state index contributed by atoms with van der Waals surface area (Å²) in [5.41, 5.74) is -0.378. The van der Waals surface area contributed by atoms with Crippen molar-refractivity contribution in [2.24, 2.45) is 0 Å². The van der Waals surface area contributed by atoms with Gasteiger partial charge in [-0.25, -0.2) is 18.2 Å². The van der Waals surface area contributed by atoms with Gasteiger partial charge in [0, 0.05) is 38.4 Å². The Labute approximate surface area is 216 Å². The van der Waals surface area contributed by atoms with Gasteiger partial charge in [0.05, 0.1) is 29.5 Å². The minimum Gasteiger partial charge on any atom is -0.378 e. The smallest absolute Gasteiger partial charge is 0.378 e. The number of carbonyl (C=O) groups excluding carboxylic acids is 2. The Morgan fingerprint density at radius 3 is 2.27 bits per heavy atom. The van der Waals surface area contributed by atoms with Gasteiger partial charge < -0.3 is 19.9 Å². The van der Waals surface area contributed by atoms with E-state index in [-0.39, 0.29) is 29.5 Å². The molecule has 2 aromatic rings. The van der Waals surface area contributed by atoms with Crippen LogP contribution in [-0.4, -0.2) is 91.4 Å². The van der Waals surface area contributed by atoms with Gasteiger partial charge in [-0.2, -0.15) is 17.5 Å². The minimum atomic E-state index is -4.51. The molecule has 0 spiro atoms. The van der Waals surface area contributed by atoms with Crippen LogP contribution in [0.1, 0.15) is 16.3 Å². The van der Waals surface area contributed by atoms with E-state index in [0.29, 0.717) is 37.0 Å². The number of hydrogen-bond donors (Lipinski definition) is 1. The van der Waals surface area contributed by atoms with E-state index in [0.717, 1.165) is 39.9 Å². The summed E-state index contributed by atoms with van der Waals surface area (Å²) in [4.78, 5) is 33.4. The van der Waals surface area contributed by atoms with E-state index in [2.05, 4.69) is 10.3 Å². The van der Waals surface area contributed by atoms with E-state index >= 15 is 0 Å². The molecule has 0 bridgehead atoms. The Morgan fingerprint density at radius 2 is 1.70 bits per heavy atom. The predicted octanol–water partition coefficient (Wildman–Crippen LogP) is 2.54. The number of aryl methyl sites for hydroxylation is 2. The first-order chi connectivity index (χ1) is 17.4. The fraction of sp³-hybridized carbons (Fsp3) is 0.500. The van der Waals surface area contributed by atoms with Gasteiger partial charge in [-0.15, -0.1) is 11.3 Å². The van der Waals surface area contributed by atoms with Gasteiger partial charge in [0.15, 0.2) is 4.21 Å². The normalized spacial score (nSPS) is 19.6. The van der Waals surface area contributed by atoms with Crippen LogP contribution in [0.4, 0.5) is 23.7 Å². The number of urea groups is 1. The minimum absolute atomic E-state index is 0.0184. The SMILES string of the molecule is Cc1nc(C)c(S(=O)(=O)N2CCN(C(=O)Nc3ccc(C(F)(F)F)cc3)CC2C(=O)N2CCOCC2)s1. The third kappa shape index (κ3) is 5.89. The average Bonchev–Trinajstić information content (AvgIpc) is 3.22. The van der Waals surface area contributed by atoms with Crippen LogP contribution in [0.5, 0.6) is 0 Å². The largest absolute Gasteiger partial charge is 0.416 e. The molecular formula is C22H26F3N5O5S2. The van der Waals surface area contributed by atoms with Crippen molar-refractivity contribution < 1.29 is 35.9 Å². The highest BCUT2D eigenvalue weighted by Gasteiger charge is 2.44. The summed E-state index contributed by atoms with van der Waals surface area (Å²) in [6.07, 6.45) is -4.51. The van der Waals surface area contributed by atoms with Crippen LogP contribution in [0.15, 0.2) is 28.5 Å². The molecule has 37 heavy (non-hydrogen) atoms. The summed E-state index contributed by atoms with van der Waals surface area (Å²) in [5, 5.41) is 3.10. The number of thiazole rings is 1. The van der Waals surface area contributed by atoms with Crippen molar-refractivity contribution in [3.05, 3.63) is 40.5 Å². The number of aromatic nitrogens is 1. The van der Waals surface area contributed by atoms with E-state index in [1.807, 2.05) is 0 Å². The number of halogens is 3. The lowest BCUT2D eigenvalue weighted by molar-refractivity contribution is -0.140. The zero-order valence-electron chi connectivity index (χ0n) is 20.1. The number of hydrogen-bond acceptors (Lipinski definition) is 7. The lowest BCUT2D eigenvalue weighted by Crippen LogP contribution is -2.63. The monoisotopic (exact) mass is 561 g/mol. The molecule has 3 amide bonds. The topological polar surface area (TPSA) is 112 Å². The lowest BCUT2D eigenvalue weighted by atomic mass is 10.1. The number of carbonyl (C=O) groups is 2. The number of anilines is 1. The number of rotatable bonds is 4. The highest BCUT2D eigenvalue weighted by atomic mass is 32.2. The molecule has 2 saturated heterocycles. The number of alkyl halides is 3. The summed E-state index contributed by atoms with van der Waals surface area (Å²) in [6, 6.07) is 2.13. The molecule has 10 nitrogen and oxygen atoms in total. The molecular weight excluding hydrogens is 535 g/mol. The standard InChI is InChI=1S/C22H26F3N5O5S2/c1-14-20(36-15(2)26-14)37(33,34)30-8-7-29(13-18(30)19(31)28-9-11-35-12-10-28)21(32)27-17-5-3-16(4-6-17)22(23,24)25/h3-6,18H,7-13H2,1-2H3,(H,27,32). The highest BCUT2D eigenvalue weighted by molar-refractivity contribution is 7.91. The predicted molar refractivity (Wildman–Crippen MR) is 129 cm³/mol. The van der Waals surface area contributed by atoms with Gasteiger partial charge >= 0.3 is 12.2 Å². The number of benzene rings is 1. The number of morpholine rings is 1. The Morgan fingerprint density at radius 1 is 1.05 bits per heavy atom. The summed E-state index contributed by atoms with van der Waals surface area (Å²) >= 11 is 1.02. The lowest BCUT2D eigenvalue weighted by Gasteiger charge is -2.41. The second-order valence-corrected chi connectivity index (χ2v) is 11.9. The number of piperazine rings is 1. The van der Waals surface area contributed by atoms with Crippen LogP contribution < -0.4 is 5.32 Å². The van der Waals surface area contributed by atoms with Crippen molar-refractivity contribution in [3.8, 4) is 0 Å². The molecule has 1 atom stereocenters. The van der Waals surface area contributed by atoms with Gasteiger partial charge in [0.25, 0.3) is 10.0 Å². The van der Waals surface area contributed by atoms with E-state index in [9.17, 15) is 31.2 Å². The van der Waals surface area contributed by atoms with Crippen molar-refractivity contribution in [1.29, 1.82) is 0 Å². The van der Waals surface area contributed by atoms with Crippen molar-refractivity contribution in [2.45, 2.75) is 30.3 Å². The molecule has 0 aliphatic carbocycles. The van der Waals surface area contributed by atoms with Crippen LogP contribution in [0, 0.1) is 13.8 Å². The van der Waals surface area contributed by atoms with E-state index in [1.54, 1.807) is 13.8 Å². The van der Waals surface area contributed by atoms with Gasteiger partial charge in [-0.1, -0.05) is 0 Å². The Bertz CT molecular complexity index is 1260. The fourth-order valence-electron chi connectivity index (χ4n) is 4.24. The third-order valence-electron chi connectivity index (χ3n) is 6.09. The van der Waals surface area contributed by atoms with Crippen LogP contribution in [0.25, 0.3) is 0 Å². The van der Waals surface area contributed by atoms with Crippen LogP contribution in [0.2, 0.25) is 0 Å². The first kappa shape index (κ1) is 27.3. The molecule has 2 aliphatic heterocycles. The molecule has 15 heteroatoms. The average molecular weight is 562 g/mol. The molecule has 0 saturated carbocycles. The maximum Gasteiger partial charge on any atom is 0.416 e. The Balaban J connectivity index is 1.56. The quantitative estimate of drug-likeness (QED) is 0.614. The van der Waals surface area contributed by atoms with Gasteiger partial charge in [0.1, 0.15) is 6.04 Å². The molecule has 4 rings (SSSR count). The van der Waals surface area contributed by atoms with Crippen LogP contribution >= 0.6 is 11.3 Å². The van der Waals surface area contributed by atoms with E-state index < -0.39 is 39.7 Å². The summed E-state index contributed by atoms with van der Waals surface area (Å²) in [5.74, 6) is -0.446. The molecule has 1 aromatic heterocycles. The zero-order chi connectivity index (χ0) is 27.0. The fourth-order valence-corrected chi connectivity index (χ4v) is 7.40. The maximum atomic E-state index is 13.6. The molecule has 1 unspecified atom stereocenters. The zero-order valence-corrected chi connectivity index (χ0v) is 21.7. The molecule has 1 N–H and O–H groups in total. The molecule has 2 fully saturated rings. The third-order valence-corrected chi connectivity index (χ3v) is 9.66. The van der Waals surface area contributed by atoms with Crippen molar-refractivity contribution in [1.82, 2.24) is 19.1 Å². The maximum absolute atomic E-state index is 13.6. The summed E-state index contributed by atoms with van der Waals surface area (Å²) in [6.45, 7) is 4.11. The van der Waals surface area contributed by atoms with E-state index in [4.69, 9.17) is 4.74 Å². The van der Waals surface area contributed by atoms with E-state index in [1.165, 1.54) is 9.80 Å². The second kappa shape index (κ2) is 10.6. The van der Waals surface area contributed by atoms with Gasteiger partial charge in [0.2, 0.25) is 5.91 Å². The Kier molecular flexibility index (Phi) is 7.78. The summed E-state index contributed by atoms with van der Waals surface area (Å²) in [7, 11) is -4.09. The number of sulfonamides is 1.